The Hall–Kier alpha value is -0.860. The largest absolute Gasteiger partial charge is 0.321 e. The molecule has 0 aromatic heterocycles. The summed E-state index contributed by atoms with van der Waals surface area (Å²) in [7, 11) is 0. The maximum absolute atomic E-state index is 11.9. The molecule has 82 valence electrons. The summed E-state index contributed by atoms with van der Waals surface area (Å²) in [5, 5.41) is 0.608. The van der Waals surface area contributed by atoms with Crippen LogP contribution >= 0.6 is 11.6 Å². The predicted molar refractivity (Wildman–Crippen MR) is 63.3 cm³/mol. The highest BCUT2D eigenvalue weighted by molar-refractivity contribution is 6.31. The molecule has 0 fully saturated rings. The Morgan fingerprint density at radius 2 is 2.00 bits per heavy atom. The van der Waals surface area contributed by atoms with Gasteiger partial charge in [-0.05, 0) is 24.5 Å². The summed E-state index contributed by atoms with van der Waals surface area (Å²) in [6.07, 6.45) is 0. The molecule has 2 nitrogen and oxygen atoms in total. The third-order valence-electron chi connectivity index (χ3n) is 2.48. The van der Waals surface area contributed by atoms with Crippen molar-refractivity contribution in [3.8, 4) is 0 Å². The topological polar surface area (TPSA) is 43.1 Å². The van der Waals surface area contributed by atoms with Crippen LogP contribution in [-0.4, -0.2) is 11.8 Å². The van der Waals surface area contributed by atoms with Crippen molar-refractivity contribution in [3.63, 3.8) is 0 Å². The summed E-state index contributed by atoms with van der Waals surface area (Å²) in [4.78, 5) is 11.9. The van der Waals surface area contributed by atoms with Gasteiger partial charge in [0, 0.05) is 10.6 Å². The van der Waals surface area contributed by atoms with Crippen LogP contribution in [0, 0.1) is 12.8 Å². The number of hydrogen-bond acceptors (Lipinski definition) is 2. The fourth-order valence-electron chi connectivity index (χ4n) is 1.24. The lowest BCUT2D eigenvalue weighted by molar-refractivity contribution is 0.0940. The molecule has 1 unspecified atom stereocenters. The van der Waals surface area contributed by atoms with E-state index in [4.69, 9.17) is 17.3 Å². The lowest BCUT2D eigenvalue weighted by atomic mass is 9.95. The van der Waals surface area contributed by atoms with Crippen molar-refractivity contribution >= 4 is 17.4 Å². The zero-order chi connectivity index (χ0) is 11.6. The Labute approximate surface area is 95.4 Å². The van der Waals surface area contributed by atoms with Crippen LogP contribution in [0.25, 0.3) is 0 Å². The fraction of sp³-hybridized carbons (Fsp3) is 0.417. The van der Waals surface area contributed by atoms with Gasteiger partial charge in [0.25, 0.3) is 0 Å². The number of hydrogen-bond donors (Lipinski definition) is 1. The first-order valence-electron chi connectivity index (χ1n) is 4.99. The molecule has 1 aromatic rings. The number of ketones is 1. The summed E-state index contributed by atoms with van der Waals surface area (Å²) >= 11 is 5.95. The Kier molecular flexibility index (Phi) is 3.89. The molecule has 15 heavy (non-hydrogen) atoms. The third kappa shape index (κ3) is 2.80. The maximum Gasteiger partial charge on any atom is 0.179 e. The van der Waals surface area contributed by atoms with Gasteiger partial charge >= 0.3 is 0 Å². The summed E-state index contributed by atoms with van der Waals surface area (Å²) in [6, 6.07) is 4.83. The molecule has 1 atom stereocenters. The molecule has 0 aliphatic rings. The van der Waals surface area contributed by atoms with Crippen LogP contribution in [0.2, 0.25) is 5.02 Å². The van der Waals surface area contributed by atoms with E-state index < -0.39 is 6.04 Å². The summed E-state index contributed by atoms with van der Waals surface area (Å²) in [5.74, 6) is 0.0875. The van der Waals surface area contributed by atoms with E-state index in [0.29, 0.717) is 10.6 Å². The minimum Gasteiger partial charge on any atom is -0.321 e. The van der Waals surface area contributed by atoms with Crippen molar-refractivity contribution in [2.45, 2.75) is 26.8 Å². The number of carbonyl (C=O) groups excluding carboxylic acids is 1. The third-order valence-corrected chi connectivity index (χ3v) is 2.88. The van der Waals surface area contributed by atoms with Gasteiger partial charge in [0.2, 0.25) is 0 Å². The van der Waals surface area contributed by atoms with Crippen LogP contribution in [0.4, 0.5) is 0 Å². The number of Topliss-reactive ketones (excluding diaryl/α,β-unsaturated/α-hetero) is 1. The smallest absolute Gasteiger partial charge is 0.179 e. The Morgan fingerprint density at radius 1 is 1.40 bits per heavy atom. The second-order valence-corrected chi connectivity index (χ2v) is 4.51. The highest BCUT2D eigenvalue weighted by atomic mass is 35.5. The van der Waals surface area contributed by atoms with Gasteiger partial charge in [0.15, 0.2) is 5.78 Å². The quantitative estimate of drug-likeness (QED) is 0.804. The van der Waals surface area contributed by atoms with Gasteiger partial charge < -0.3 is 5.73 Å². The van der Waals surface area contributed by atoms with Gasteiger partial charge in [0.1, 0.15) is 0 Å². The summed E-state index contributed by atoms with van der Waals surface area (Å²) in [5.41, 5.74) is 7.34. The lowest BCUT2D eigenvalue weighted by Gasteiger charge is -2.14. The molecule has 0 radical (unpaired) electrons. The minimum atomic E-state index is -0.455. The maximum atomic E-state index is 11.9. The van der Waals surface area contributed by atoms with Crippen LogP contribution in [0.15, 0.2) is 18.2 Å². The van der Waals surface area contributed by atoms with Crippen LogP contribution in [0.3, 0.4) is 0 Å². The van der Waals surface area contributed by atoms with Gasteiger partial charge in [-0.15, -0.1) is 0 Å². The Bertz CT molecular complexity index is 374. The van der Waals surface area contributed by atoms with Gasteiger partial charge in [-0.25, -0.2) is 0 Å². The molecule has 0 aliphatic carbocycles. The number of benzene rings is 1. The van der Waals surface area contributed by atoms with Gasteiger partial charge in [-0.3, -0.25) is 4.79 Å². The van der Waals surface area contributed by atoms with E-state index in [1.54, 1.807) is 12.1 Å². The molecule has 0 saturated carbocycles. The molecular weight excluding hydrogens is 210 g/mol. The molecule has 0 amide bonds. The molecule has 3 heteroatoms. The first kappa shape index (κ1) is 12.2. The van der Waals surface area contributed by atoms with Crippen molar-refractivity contribution in [1.82, 2.24) is 0 Å². The van der Waals surface area contributed by atoms with E-state index in [9.17, 15) is 4.79 Å². The van der Waals surface area contributed by atoms with Crippen molar-refractivity contribution in [1.29, 1.82) is 0 Å². The minimum absolute atomic E-state index is 0.0492. The van der Waals surface area contributed by atoms with E-state index in [1.807, 2.05) is 26.8 Å². The van der Waals surface area contributed by atoms with E-state index in [1.165, 1.54) is 0 Å². The van der Waals surface area contributed by atoms with E-state index in [2.05, 4.69) is 0 Å². The van der Waals surface area contributed by atoms with Crippen LogP contribution in [0.1, 0.15) is 29.8 Å². The van der Waals surface area contributed by atoms with Gasteiger partial charge in [-0.1, -0.05) is 37.6 Å². The SMILES string of the molecule is Cc1ccc(C(=O)C(N)C(C)C)cc1Cl. The van der Waals surface area contributed by atoms with Gasteiger partial charge in [0.05, 0.1) is 6.04 Å². The van der Waals surface area contributed by atoms with Gasteiger partial charge in [-0.2, -0.15) is 0 Å². The predicted octanol–water partition coefficient (Wildman–Crippen LogP) is 2.81. The summed E-state index contributed by atoms with van der Waals surface area (Å²) < 4.78 is 0. The average Bonchev–Trinajstić information content (AvgIpc) is 2.19. The molecule has 1 aromatic carbocycles. The van der Waals surface area contributed by atoms with Crippen LogP contribution in [-0.2, 0) is 0 Å². The molecule has 0 aliphatic heterocycles. The lowest BCUT2D eigenvalue weighted by Crippen LogP contribution is -2.35. The second-order valence-electron chi connectivity index (χ2n) is 4.10. The van der Waals surface area contributed by atoms with E-state index in [-0.39, 0.29) is 11.7 Å². The van der Waals surface area contributed by atoms with Crippen LogP contribution in [0.5, 0.6) is 0 Å². The first-order valence-corrected chi connectivity index (χ1v) is 5.37. The standard InChI is InChI=1S/C12H16ClNO/c1-7(2)11(14)12(15)9-5-4-8(3)10(13)6-9/h4-7,11H,14H2,1-3H3. The highest BCUT2D eigenvalue weighted by Crippen LogP contribution is 2.18. The van der Waals surface area contributed by atoms with Crippen LogP contribution < -0.4 is 5.73 Å². The van der Waals surface area contributed by atoms with E-state index >= 15 is 0 Å². The van der Waals surface area contributed by atoms with Crippen molar-refractivity contribution in [2.75, 3.05) is 0 Å². The first-order chi connectivity index (χ1) is 6.93. The molecule has 0 bridgehead atoms. The number of nitrogens with two attached hydrogens (primary N) is 1. The fourth-order valence-corrected chi connectivity index (χ4v) is 1.42. The number of carbonyl (C=O) groups is 1. The average molecular weight is 226 g/mol. The monoisotopic (exact) mass is 225 g/mol. The second kappa shape index (κ2) is 4.77. The number of rotatable bonds is 3. The van der Waals surface area contributed by atoms with E-state index in [0.717, 1.165) is 5.56 Å². The van der Waals surface area contributed by atoms with Crippen molar-refractivity contribution in [2.24, 2.45) is 11.7 Å². The molecule has 0 heterocycles. The molecule has 0 saturated heterocycles. The van der Waals surface area contributed by atoms with Crippen molar-refractivity contribution < 1.29 is 4.79 Å². The Balaban J connectivity index is 2.97. The zero-order valence-electron chi connectivity index (χ0n) is 9.25. The highest BCUT2D eigenvalue weighted by Gasteiger charge is 2.19. The summed E-state index contributed by atoms with van der Waals surface area (Å²) in [6.45, 7) is 5.76. The normalized spacial score (nSPS) is 12.9. The zero-order valence-corrected chi connectivity index (χ0v) is 10.0. The number of halogens is 1. The molecule has 0 spiro atoms. The molecular formula is C12H16ClNO. The molecule has 2 N–H and O–H groups in total. The number of aryl methyl sites for hydroxylation is 1. The Morgan fingerprint density at radius 3 is 2.47 bits per heavy atom. The van der Waals surface area contributed by atoms with Crippen molar-refractivity contribution in [3.05, 3.63) is 34.3 Å². The molecule has 1 rings (SSSR count).